The Labute approximate surface area is 81.2 Å². The lowest BCUT2D eigenvalue weighted by Crippen LogP contribution is -2.26. The zero-order valence-corrected chi connectivity index (χ0v) is 7.53. The molecule has 4 nitrogen and oxygen atoms in total. The first-order valence-electron chi connectivity index (χ1n) is 4.42. The molecule has 74 valence electrons. The van der Waals surface area contributed by atoms with Gasteiger partial charge in [0.15, 0.2) is 0 Å². The molecule has 1 aromatic carbocycles. The smallest absolute Gasteiger partial charge is 0.326 e. The molecule has 0 unspecified atom stereocenters. The van der Waals surface area contributed by atoms with Gasteiger partial charge in [-0.15, -0.1) is 0 Å². The number of aliphatic hydroxyl groups excluding tert-OH is 1. The molecule has 0 aliphatic carbocycles. The molecule has 4 heteroatoms. The van der Waals surface area contributed by atoms with Crippen LogP contribution in [0.2, 0.25) is 0 Å². The van der Waals surface area contributed by atoms with Gasteiger partial charge in [-0.2, -0.15) is 0 Å². The van der Waals surface area contributed by atoms with E-state index in [0.717, 1.165) is 16.8 Å². The van der Waals surface area contributed by atoms with Crippen LogP contribution in [0, 0.1) is 0 Å². The predicted octanol–water partition coefficient (Wildman–Crippen LogP) is 0.600. The quantitative estimate of drug-likeness (QED) is 0.643. The van der Waals surface area contributed by atoms with Crippen molar-refractivity contribution in [3.63, 3.8) is 0 Å². The number of carbonyl (C=O) groups is 1. The van der Waals surface area contributed by atoms with Crippen molar-refractivity contribution >= 4 is 11.7 Å². The highest BCUT2D eigenvalue weighted by molar-refractivity contribution is 5.81. The number of carboxylic acids is 1. The van der Waals surface area contributed by atoms with Crippen molar-refractivity contribution in [3.05, 3.63) is 29.3 Å². The van der Waals surface area contributed by atoms with Gasteiger partial charge in [-0.25, -0.2) is 4.79 Å². The van der Waals surface area contributed by atoms with E-state index in [1.54, 1.807) is 6.07 Å². The van der Waals surface area contributed by atoms with Crippen molar-refractivity contribution in [1.82, 2.24) is 0 Å². The van der Waals surface area contributed by atoms with E-state index in [9.17, 15) is 4.79 Å². The van der Waals surface area contributed by atoms with Gasteiger partial charge >= 0.3 is 5.97 Å². The molecule has 14 heavy (non-hydrogen) atoms. The summed E-state index contributed by atoms with van der Waals surface area (Å²) >= 11 is 0. The zero-order chi connectivity index (χ0) is 10.1. The van der Waals surface area contributed by atoms with Crippen LogP contribution in [0.4, 0.5) is 5.69 Å². The van der Waals surface area contributed by atoms with Crippen molar-refractivity contribution in [2.75, 3.05) is 5.32 Å². The molecule has 0 amide bonds. The summed E-state index contributed by atoms with van der Waals surface area (Å²) in [4.78, 5) is 10.7. The molecule has 1 aromatic rings. The summed E-state index contributed by atoms with van der Waals surface area (Å²) in [6, 6.07) is 4.93. The Kier molecular flexibility index (Phi) is 2.13. The van der Waals surface area contributed by atoms with Gasteiger partial charge in [0, 0.05) is 12.1 Å². The van der Waals surface area contributed by atoms with Gasteiger partial charge in [0.1, 0.15) is 6.04 Å². The highest BCUT2D eigenvalue weighted by atomic mass is 16.4. The number of anilines is 1. The third-order valence-electron chi connectivity index (χ3n) is 2.41. The third kappa shape index (κ3) is 1.44. The predicted molar refractivity (Wildman–Crippen MR) is 51.1 cm³/mol. The van der Waals surface area contributed by atoms with E-state index in [1.165, 1.54) is 0 Å². The Morgan fingerprint density at radius 2 is 2.36 bits per heavy atom. The second-order valence-corrected chi connectivity index (χ2v) is 3.39. The summed E-state index contributed by atoms with van der Waals surface area (Å²) < 4.78 is 0. The Hall–Kier alpha value is -1.55. The Bertz CT molecular complexity index is 376. The maximum Gasteiger partial charge on any atom is 0.326 e. The number of aliphatic hydroxyl groups is 1. The molecule has 0 radical (unpaired) electrons. The van der Waals surface area contributed by atoms with Crippen molar-refractivity contribution in [2.24, 2.45) is 0 Å². The standard InChI is InChI=1S/C10H11NO3/c12-5-6-1-2-7-4-9(10(13)14)11-8(7)3-6/h1-3,9,11-12H,4-5H2,(H,13,14)/t9-/m1/s1. The average molecular weight is 193 g/mol. The van der Waals surface area contributed by atoms with Gasteiger partial charge in [0.25, 0.3) is 0 Å². The van der Waals surface area contributed by atoms with Crippen molar-refractivity contribution in [3.8, 4) is 0 Å². The molecule has 2 rings (SSSR count). The summed E-state index contributed by atoms with van der Waals surface area (Å²) in [5.41, 5.74) is 2.61. The number of benzene rings is 1. The number of fused-ring (bicyclic) bond motifs is 1. The summed E-state index contributed by atoms with van der Waals surface area (Å²) in [7, 11) is 0. The number of nitrogens with one attached hydrogen (secondary N) is 1. The minimum Gasteiger partial charge on any atom is -0.480 e. The lowest BCUT2D eigenvalue weighted by atomic mass is 10.1. The summed E-state index contributed by atoms with van der Waals surface area (Å²) in [5, 5.41) is 20.6. The van der Waals surface area contributed by atoms with Gasteiger partial charge in [0.05, 0.1) is 6.61 Å². The summed E-state index contributed by atoms with van der Waals surface area (Å²) in [6.07, 6.45) is 0.510. The number of hydrogen-bond donors (Lipinski definition) is 3. The molecule has 1 heterocycles. The maximum absolute atomic E-state index is 10.7. The zero-order valence-electron chi connectivity index (χ0n) is 7.53. The molecular weight excluding hydrogens is 182 g/mol. The number of carboxylic acid groups (broad SMARTS) is 1. The van der Waals surface area contributed by atoms with E-state index in [0.29, 0.717) is 6.42 Å². The van der Waals surface area contributed by atoms with E-state index in [2.05, 4.69) is 5.32 Å². The van der Waals surface area contributed by atoms with Crippen LogP contribution in [-0.2, 0) is 17.8 Å². The molecule has 0 aromatic heterocycles. The second kappa shape index (κ2) is 3.31. The Morgan fingerprint density at radius 1 is 1.57 bits per heavy atom. The Balaban J connectivity index is 2.27. The fourth-order valence-electron chi connectivity index (χ4n) is 1.64. The van der Waals surface area contributed by atoms with Gasteiger partial charge in [-0.1, -0.05) is 12.1 Å². The molecule has 3 N–H and O–H groups in total. The minimum absolute atomic E-state index is 0.0211. The molecule has 0 fully saturated rings. The van der Waals surface area contributed by atoms with Crippen LogP contribution >= 0.6 is 0 Å². The van der Waals surface area contributed by atoms with E-state index in [1.807, 2.05) is 12.1 Å². The summed E-state index contributed by atoms with van der Waals surface area (Å²) in [6.45, 7) is -0.0211. The number of rotatable bonds is 2. The molecule has 0 saturated carbocycles. The SMILES string of the molecule is O=C(O)[C@H]1Cc2ccc(CO)cc2N1. The van der Waals surface area contributed by atoms with E-state index in [-0.39, 0.29) is 6.61 Å². The minimum atomic E-state index is -0.841. The van der Waals surface area contributed by atoms with Crippen LogP contribution in [0.15, 0.2) is 18.2 Å². The van der Waals surface area contributed by atoms with Gasteiger partial charge in [-0.05, 0) is 17.2 Å². The fourth-order valence-corrected chi connectivity index (χ4v) is 1.64. The lowest BCUT2D eigenvalue weighted by molar-refractivity contribution is -0.137. The first kappa shape index (κ1) is 9.02. The third-order valence-corrected chi connectivity index (χ3v) is 2.41. The fraction of sp³-hybridized carbons (Fsp3) is 0.300. The lowest BCUT2D eigenvalue weighted by Gasteiger charge is -2.04. The van der Waals surface area contributed by atoms with Crippen LogP contribution in [0.25, 0.3) is 0 Å². The molecule has 0 saturated heterocycles. The van der Waals surface area contributed by atoms with E-state index >= 15 is 0 Å². The van der Waals surface area contributed by atoms with Crippen LogP contribution in [0.3, 0.4) is 0 Å². The monoisotopic (exact) mass is 193 g/mol. The molecule has 1 atom stereocenters. The maximum atomic E-state index is 10.7. The van der Waals surface area contributed by atoms with Crippen LogP contribution in [0.5, 0.6) is 0 Å². The summed E-state index contributed by atoms with van der Waals surface area (Å²) in [5.74, 6) is -0.841. The van der Waals surface area contributed by atoms with Gasteiger partial charge < -0.3 is 15.5 Å². The first-order valence-corrected chi connectivity index (χ1v) is 4.42. The molecule has 1 aliphatic rings. The van der Waals surface area contributed by atoms with Crippen molar-refractivity contribution < 1.29 is 15.0 Å². The number of hydrogen-bond acceptors (Lipinski definition) is 3. The van der Waals surface area contributed by atoms with Crippen molar-refractivity contribution in [1.29, 1.82) is 0 Å². The highest BCUT2D eigenvalue weighted by Crippen LogP contribution is 2.26. The van der Waals surface area contributed by atoms with Gasteiger partial charge in [-0.3, -0.25) is 0 Å². The van der Waals surface area contributed by atoms with E-state index < -0.39 is 12.0 Å². The molecule has 0 spiro atoms. The van der Waals surface area contributed by atoms with E-state index in [4.69, 9.17) is 10.2 Å². The highest BCUT2D eigenvalue weighted by Gasteiger charge is 2.25. The topological polar surface area (TPSA) is 69.6 Å². The molecular formula is C10H11NO3. The first-order chi connectivity index (χ1) is 6.70. The van der Waals surface area contributed by atoms with Crippen LogP contribution in [0.1, 0.15) is 11.1 Å². The van der Waals surface area contributed by atoms with Crippen molar-refractivity contribution in [2.45, 2.75) is 19.1 Å². The molecule has 1 aliphatic heterocycles. The normalized spacial score (nSPS) is 18.8. The van der Waals surface area contributed by atoms with Crippen LogP contribution in [-0.4, -0.2) is 22.2 Å². The van der Waals surface area contributed by atoms with Gasteiger partial charge in [0.2, 0.25) is 0 Å². The number of aliphatic carboxylic acids is 1. The largest absolute Gasteiger partial charge is 0.480 e. The second-order valence-electron chi connectivity index (χ2n) is 3.39. The molecule has 0 bridgehead atoms. The Morgan fingerprint density at radius 3 is 3.00 bits per heavy atom. The van der Waals surface area contributed by atoms with Crippen LogP contribution < -0.4 is 5.32 Å². The average Bonchev–Trinajstić information content (AvgIpc) is 2.59.